The second kappa shape index (κ2) is 9.35. The monoisotopic (exact) mass is 411 g/mol. The van der Waals surface area contributed by atoms with E-state index < -0.39 is 24.7 Å². The Kier molecular flexibility index (Phi) is 7.13. The first-order valence-electron chi connectivity index (χ1n) is 8.57. The van der Waals surface area contributed by atoms with Gasteiger partial charge in [0.15, 0.2) is 12.4 Å². The number of amides is 1. The number of aromatic nitrogens is 2. The number of hydrogen-bond acceptors (Lipinski definition) is 6. The molecule has 156 valence electrons. The molecule has 2 rings (SSSR count). The van der Waals surface area contributed by atoms with Gasteiger partial charge < -0.3 is 14.8 Å². The van der Waals surface area contributed by atoms with E-state index in [-0.39, 0.29) is 23.8 Å². The number of nitrogens with zero attached hydrogens (tertiary/aromatic N) is 2. The molecule has 0 saturated carbocycles. The van der Waals surface area contributed by atoms with E-state index in [1.165, 1.54) is 44.6 Å². The van der Waals surface area contributed by atoms with Gasteiger partial charge in [0.25, 0.3) is 11.8 Å². The summed E-state index contributed by atoms with van der Waals surface area (Å²) >= 11 is 0. The summed E-state index contributed by atoms with van der Waals surface area (Å²) in [5, 5.41) is 2.75. The molecular weight excluding hydrogens is 391 g/mol. The van der Waals surface area contributed by atoms with Gasteiger partial charge in [0.1, 0.15) is 5.78 Å². The van der Waals surface area contributed by atoms with E-state index in [9.17, 15) is 22.8 Å². The zero-order valence-corrected chi connectivity index (χ0v) is 16.0. The predicted octanol–water partition coefficient (Wildman–Crippen LogP) is 3.05. The van der Waals surface area contributed by atoms with E-state index in [1.807, 2.05) is 0 Å². The van der Waals surface area contributed by atoms with Crippen LogP contribution in [0.2, 0.25) is 0 Å². The largest absolute Gasteiger partial charge is 0.491 e. The fraction of sp³-hybridized carbons (Fsp3) is 0.368. The molecule has 1 N–H and O–H groups in total. The molecule has 2 heterocycles. The molecule has 0 aromatic carbocycles. The van der Waals surface area contributed by atoms with Gasteiger partial charge in [-0.1, -0.05) is 0 Å². The van der Waals surface area contributed by atoms with Crippen molar-refractivity contribution in [1.82, 2.24) is 15.3 Å². The van der Waals surface area contributed by atoms with Gasteiger partial charge >= 0.3 is 6.18 Å². The molecular formula is C19H20F3N3O4. The Hall–Kier alpha value is -3.17. The number of pyridine rings is 2. The first-order valence-corrected chi connectivity index (χ1v) is 8.57. The lowest BCUT2D eigenvalue weighted by molar-refractivity contribution is -0.154. The molecule has 0 aliphatic rings. The van der Waals surface area contributed by atoms with Crippen molar-refractivity contribution in [2.75, 3.05) is 13.7 Å². The van der Waals surface area contributed by atoms with Gasteiger partial charge in [-0.05, 0) is 37.6 Å². The Morgan fingerprint density at radius 1 is 1.24 bits per heavy atom. The third-order valence-electron chi connectivity index (χ3n) is 3.79. The van der Waals surface area contributed by atoms with Crippen LogP contribution in [-0.4, -0.2) is 41.6 Å². The Bertz CT molecular complexity index is 887. The number of methoxy groups -OCH3 is 1. The molecule has 0 aliphatic carbocycles. The van der Waals surface area contributed by atoms with Gasteiger partial charge in [0, 0.05) is 30.1 Å². The number of ketones is 1. The molecule has 7 nitrogen and oxygen atoms in total. The molecule has 2 aromatic heterocycles. The number of Topliss-reactive ketones (excluding diaryl/α,β-unsaturated/α-hetero) is 1. The molecule has 1 amide bonds. The highest BCUT2D eigenvalue weighted by Crippen LogP contribution is 2.29. The normalized spacial score (nSPS) is 12.2. The van der Waals surface area contributed by atoms with Crippen LogP contribution in [-0.2, 0) is 11.2 Å². The van der Waals surface area contributed by atoms with Crippen molar-refractivity contribution in [3.63, 3.8) is 0 Å². The SMILES string of the molecule is COc1cc(C(C)NC(=O)c2ccnc(CC(C)=O)c2)cnc1OCC(F)(F)F. The van der Waals surface area contributed by atoms with Gasteiger partial charge in [-0.25, -0.2) is 4.98 Å². The van der Waals surface area contributed by atoms with E-state index in [2.05, 4.69) is 20.0 Å². The molecule has 0 aliphatic heterocycles. The summed E-state index contributed by atoms with van der Waals surface area (Å²) in [6, 6.07) is 3.96. The van der Waals surface area contributed by atoms with Crippen LogP contribution < -0.4 is 14.8 Å². The number of nitrogens with one attached hydrogen (secondary N) is 1. The standard InChI is InChI=1S/C19H20F3N3O4/c1-11(26)6-15-7-13(4-5-23-15)17(27)25-12(2)14-8-16(28-3)18(24-9-14)29-10-19(20,21)22/h4-5,7-9,12H,6,10H2,1-3H3,(H,25,27). The molecule has 0 fully saturated rings. The van der Waals surface area contributed by atoms with E-state index in [1.54, 1.807) is 6.92 Å². The number of alkyl halides is 3. The molecule has 29 heavy (non-hydrogen) atoms. The van der Waals surface area contributed by atoms with Gasteiger partial charge in [-0.15, -0.1) is 0 Å². The molecule has 1 unspecified atom stereocenters. The Morgan fingerprint density at radius 2 is 1.97 bits per heavy atom. The lowest BCUT2D eigenvalue weighted by atomic mass is 10.1. The topological polar surface area (TPSA) is 90.4 Å². The van der Waals surface area contributed by atoms with Crippen molar-refractivity contribution >= 4 is 11.7 Å². The molecule has 2 aromatic rings. The molecule has 0 spiro atoms. The summed E-state index contributed by atoms with van der Waals surface area (Å²) in [5.41, 5.74) is 1.31. The Morgan fingerprint density at radius 3 is 2.59 bits per heavy atom. The Labute approximate surface area is 165 Å². The van der Waals surface area contributed by atoms with Crippen molar-refractivity contribution < 1.29 is 32.2 Å². The van der Waals surface area contributed by atoms with Crippen LogP contribution in [0.1, 0.15) is 41.5 Å². The maximum atomic E-state index is 12.5. The molecule has 0 bridgehead atoms. The second-order valence-electron chi connectivity index (χ2n) is 6.29. The van der Waals surface area contributed by atoms with Gasteiger partial charge in [0.05, 0.1) is 13.2 Å². The van der Waals surface area contributed by atoms with Crippen LogP contribution >= 0.6 is 0 Å². The smallest absolute Gasteiger partial charge is 0.422 e. The predicted molar refractivity (Wildman–Crippen MR) is 96.8 cm³/mol. The zero-order valence-electron chi connectivity index (χ0n) is 16.0. The van der Waals surface area contributed by atoms with E-state index >= 15 is 0 Å². The van der Waals surface area contributed by atoms with Crippen LogP contribution in [0.25, 0.3) is 0 Å². The fourth-order valence-corrected chi connectivity index (χ4v) is 2.42. The molecule has 0 saturated heterocycles. The number of rotatable bonds is 8. The summed E-state index contributed by atoms with van der Waals surface area (Å²) in [6.07, 6.45) is -1.64. The lowest BCUT2D eigenvalue weighted by Gasteiger charge is -2.17. The maximum Gasteiger partial charge on any atom is 0.422 e. The van der Waals surface area contributed by atoms with E-state index in [4.69, 9.17) is 4.74 Å². The molecule has 10 heteroatoms. The fourth-order valence-electron chi connectivity index (χ4n) is 2.42. The first-order chi connectivity index (χ1) is 13.6. The van der Waals surface area contributed by atoms with Crippen molar-refractivity contribution in [2.24, 2.45) is 0 Å². The maximum absolute atomic E-state index is 12.5. The summed E-state index contributed by atoms with van der Waals surface area (Å²) in [4.78, 5) is 31.6. The highest BCUT2D eigenvalue weighted by atomic mass is 19.4. The summed E-state index contributed by atoms with van der Waals surface area (Å²) in [6.45, 7) is 1.62. The zero-order chi connectivity index (χ0) is 21.6. The summed E-state index contributed by atoms with van der Waals surface area (Å²) < 4.78 is 46.6. The van der Waals surface area contributed by atoms with Crippen LogP contribution in [0.15, 0.2) is 30.6 Å². The van der Waals surface area contributed by atoms with Crippen molar-refractivity contribution in [3.05, 3.63) is 47.4 Å². The third-order valence-corrected chi connectivity index (χ3v) is 3.79. The second-order valence-corrected chi connectivity index (χ2v) is 6.29. The van der Waals surface area contributed by atoms with Crippen LogP contribution in [0.3, 0.4) is 0 Å². The average Bonchev–Trinajstić information content (AvgIpc) is 2.65. The van der Waals surface area contributed by atoms with Gasteiger partial charge in [0.2, 0.25) is 0 Å². The first kappa shape index (κ1) is 22.1. The number of ether oxygens (including phenoxy) is 2. The van der Waals surface area contributed by atoms with Crippen LogP contribution in [0.5, 0.6) is 11.6 Å². The quantitative estimate of drug-likeness (QED) is 0.718. The number of halogens is 3. The number of carbonyl (C=O) groups is 2. The van der Waals surface area contributed by atoms with Crippen LogP contribution in [0, 0.1) is 0 Å². The lowest BCUT2D eigenvalue weighted by Crippen LogP contribution is -2.27. The minimum absolute atomic E-state index is 0.0144. The summed E-state index contributed by atoms with van der Waals surface area (Å²) in [7, 11) is 1.28. The van der Waals surface area contributed by atoms with Crippen molar-refractivity contribution in [1.29, 1.82) is 0 Å². The average molecular weight is 411 g/mol. The summed E-state index contributed by atoms with van der Waals surface area (Å²) in [5.74, 6) is -0.758. The van der Waals surface area contributed by atoms with Crippen molar-refractivity contribution in [3.8, 4) is 11.6 Å². The third kappa shape index (κ3) is 6.74. The Balaban J connectivity index is 2.11. The highest BCUT2D eigenvalue weighted by Gasteiger charge is 2.29. The molecule has 1 atom stereocenters. The highest BCUT2D eigenvalue weighted by molar-refractivity contribution is 5.94. The number of carbonyl (C=O) groups excluding carboxylic acids is 2. The van der Waals surface area contributed by atoms with Gasteiger partial charge in [-0.2, -0.15) is 13.2 Å². The molecule has 0 radical (unpaired) electrons. The minimum Gasteiger partial charge on any atom is -0.491 e. The van der Waals surface area contributed by atoms with Gasteiger partial charge in [-0.3, -0.25) is 14.6 Å². The van der Waals surface area contributed by atoms with E-state index in [0.717, 1.165) is 0 Å². The minimum atomic E-state index is -4.50. The number of hydrogen-bond donors (Lipinski definition) is 1. The van der Waals surface area contributed by atoms with Crippen molar-refractivity contribution in [2.45, 2.75) is 32.5 Å². The van der Waals surface area contributed by atoms with Crippen LogP contribution in [0.4, 0.5) is 13.2 Å². The van der Waals surface area contributed by atoms with E-state index in [0.29, 0.717) is 16.8 Å².